The first kappa shape index (κ1) is 19.1. The van der Waals surface area contributed by atoms with Crippen LogP contribution in [0.1, 0.15) is 39.0 Å². The number of fused-ring (bicyclic) bond motifs is 1. The number of esters is 1. The molecule has 1 atom stereocenters. The Morgan fingerprint density at radius 2 is 1.83 bits per heavy atom. The van der Waals surface area contributed by atoms with Gasteiger partial charge in [0.1, 0.15) is 0 Å². The predicted molar refractivity (Wildman–Crippen MR) is 114 cm³/mol. The molecule has 0 N–H and O–H groups in total. The number of hydrogen-bond acceptors (Lipinski definition) is 5. The van der Waals surface area contributed by atoms with E-state index >= 15 is 0 Å². The molecule has 2 heterocycles. The number of rotatable bonds is 5. The Morgan fingerprint density at radius 3 is 2.59 bits per heavy atom. The van der Waals surface area contributed by atoms with Gasteiger partial charge in [-0.05, 0) is 57.2 Å². The van der Waals surface area contributed by atoms with Crippen molar-refractivity contribution in [3.8, 4) is 5.69 Å². The van der Waals surface area contributed by atoms with Crippen LogP contribution in [-0.2, 0) is 4.74 Å². The van der Waals surface area contributed by atoms with Gasteiger partial charge in [0.2, 0.25) is 5.78 Å². The first-order valence-electron chi connectivity index (χ1n) is 9.28. The fourth-order valence-corrected chi connectivity index (χ4v) is 4.19. The maximum atomic E-state index is 13.0. The number of carbonyl (C=O) groups excluding carboxylic acids is 2. The van der Waals surface area contributed by atoms with E-state index in [4.69, 9.17) is 4.74 Å². The van der Waals surface area contributed by atoms with Gasteiger partial charge in [-0.3, -0.25) is 4.79 Å². The van der Waals surface area contributed by atoms with E-state index in [0.717, 1.165) is 27.3 Å². The Balaban J connectivity index is 1.55. The molecule has 6 heteroatoms. The molecule has 0 spiro atoms. The van der Waals surface area contributed by atoms with Crippen LogP contribution in [0.25, 0.3) is 15.9 Å². The van der Waals surface area contributed by atoms with E-state index in [9.17, 15) is 9.59 Å². The summed E-state index contributed by atoms with van der Waals surface area (Å²) in [4.78, 5) is 29.7. The number of benzene rings is 2. The largest absolute Gasteiger partial charge is 0.451 e. The van der Waals surface area contributed by atoms with Crippen molar-refractivity contribution in [3.63, 3.8) is 0 Å². The molecule has 2 aromatic carbocycles. The quantitative estimate of drug-likeness (QED) is 0.342. The standard InChI is InChI=1S/C23H20N2O3S/c1-14-11-19(15(2)25(14)18-7-5-4-6-8-18)22(26)16(3)28-23(27)17-9-10-20-21(12-17)29-13-24-20/h4-13,16H,1-3H3/t16-/m0/s1. The number of carbonyl (C=O) groups is 2. The van der Waals surface area contributed by atoms with E-state index in [1.54, 1.807) is 30.6 Å². The van der Waals surface area contributed by atoms with Crippen LogP contribution in [0.2, 0.25) is 0 Å². The SMILES string of the molecule is Cc1cc(C(=O)[C@H](C)OC(=O)c2ccc3ncsc3c2)c(C)n1-c1ccccc1. The van der Waals surface area contributed by atoms with E-state index in [1.807, 2.05) is 54.8 Å². The Bertz CT molecular complexity index is 1210. The molecular formula is C23H20N2O3S. The summed E-state index contributed by atoms with van der Waals surface area (Å²) in [6.07, 6.45) is -0.885. The van der Waals surface area contributed by atoms with Gasteiger partial charge in [-0.2, -0.15) is 0 Å². The van der Waals surface area contributed by atoms with Gasteiger partial charge in [-0.25, -0.2) is 9.78 Å². The molecule has 0 amide bonds. The monoisotopic (exact) mass is 404 g/mol. The molecule has 4 aromatic rings. The molecule has 0 unspecified atom stereocenters. The van der Waals surface area contributed by atoms with E-state index in [0.29, 0.717) is 11.1 Å². The molecule has 0 aliphatic carbocycles. The van der Waals surface area contributed by atoms with Gasteiger partial charge in [0.05, 0.1) is 21.3 Å². The zero-order chi connectivity index (χ0) is 20.5. The molecule has 5 nitrogen and oxygen atoms in total. The molecule has 0 saturated heterocycles. The zero-order valence-corrected chi connectivity index (χ0v) is 17.2. The highest BCUT2D eigenvalue weighted by Gasteiger charge is 2.25. The van der Waals surface area contributed by atoms with Gasteiger partial charge in [0.25, 0.3) is 0 Å². The van der Waals surface area contributed by atoms with Crippen LogP contribution in [-0.4, -0.2) is 27.4 Å². The van der Waals surface area contributed by atoms with Gasteiger partial charge >= 0.3 is 5.97 Å². The van der Waals surface area contributed by atoms with Crippen LogP contribution >= 0.6 is 11.3 Å². The van der Waals surface area contributed by atoms with Crippen LogP contribution < -0.4 is 0 Å². The van der Waals surface area contributed by atoms with Crippen molar-refractivity contribution in [2.45, 2.75) is 26.9 Å². The molecule has 0 saturated carbocycles. The van der Waals surface area contributed by atoms with Crippen LogP contribution in [0.4, 0.5) is 0 Å². The third-order valence-corrected chi connectivity index (χ3v) is 5.72. The number of nitrogens with zero attached hydrogens (tertiary/aromatic N) is 2. The number of thiazole rings is 1. The number of Topliss-reactive ketones (excluding diaryl/α,β-unsaturated/α-hetero) is 1. The number of aryl methyl sites for hydroxylation is 1. The predicted octanol–water partition coefficient (Wildman–Crippen LogP) is 5.13. The average molecular weight is 404 g/mol. The first-order chi connectivity index (χ1) is 14.0. The number of aromatic nitrogens is 2. The van der Waals surface area contributed by atoms with Gasteiger partial charge in [-0.1, -0.05) is 18.2 Å². The third kappa shape index (κ3) is 3.59. The van der Waals surface area contributed by atoms with Crippen molar-refractivity contribution >= 4 is 33.3 Å². The first-order valence-corrected chi connectivity index (χ1v) is 10.2. The summed E-state index contributed by atoms with van der Waals surface area (Å²) in [6.45, 7) is 5.47. The van der Waals surface area contributed by atoms with Crippen LogP contribution in [0.5, 0.6) is 0 Å². The summed E-state index contributed by atoms with van der Waals surface area (Å²) >= 11 is 1.46. The molecule has 2 aromatic heterocycles. The molecular weight excluding hydrogens is 384 g/mol. The fourth-order valence-electron chi connectivity index (χ4n) is 3.47. The van der Waals surface area contributed by atoms with Crippen molar-refractivity contribution in [1.82, 2.24) is 9.55 Å². The second-order valence-corrected chi connectivity index (χ2v) is 7.79. The molecule has 4 rings (SSSR count). The Hall–Kier alpha value is -3.25. The smallest absolute Gasteiger partial charge is 0.338 e. The Labute approximate surface area is 172 Å². The summed E-state index contributed by atoms with van der Waals surface area (Å²) in [5, 5.41) is 0. The lowest BCUT2D eigenvalue weighted by molar-refractivity contribution is 0.0318. The lowest BCUT2D eigenvalue weighted by Crippen LogP contribution is -2.24. The summed E-state index contributed by atoms with van der Waals surface area (Å²) in [5.74, 6) is -0.731. The summed E-state index contributed by atoms with van der Waals surface area (Å²) < 4.78 is 8.41. The van der Waals surface area contributed by atoms with Gasteiger partial charge < -0.3 is 9.30 Å². The number of ether oxygens (including phenoxy) is 1. The Kier molecular flexibility index (Phi) is 5.03. The third-order valence-electron chi connectivity index (χ3n) is 4.93. The van der Waals surface area contributed by atoms with Gasteiger partial charge in [-0.15, -0.1) is 11.3 Å². The molecule has 0 aliphatic rings. The maximum absolute atomic E-state index is 13.0. The van der Waals surface area contributed by atoms with E-state index < -0.39 is 12.1 Å². The average Bonchev–Trinajstić information content (AvgIpc) is 3.31. The molecule has 0 bridgehead atoms. The Morgan fingerprint density at radius 1 is 1.07 bits per heavy atom. The van der Waals surface area contributed by atoms with Crippen LogP contribution in [0, 0.1) is 13.8 Å². The second kappa shape index (κ2) is 7.64. The van der Waals surface area contributed by atoms with E-state index in [2.05, 4.69) is 4.98 Å². The van der Waals surface area contributed by atoms with Crippen molar-refractivity contribution < 1.29 is 14.3 Å². The highest BCUT2D eigenvalue weighted by Crippen LogP contribution is 2.23. The lowest BCUT2D eigenvalue weighted by Gasteiger charge is -2.13. The number of ketones is 1. The van der Waals surface area contributed by atoms with Crippen LogP contribution in [0.3, 0.4) is 0 Å². The molecule has 0 fully saturated rings. The highest BCUT2D eigenvalue weighted by atomic mass is 32.1. The van der Waals surface area contributed by atoms with Crippen LogP contribution in [0.15, 0.2) is 60.1 Å². The van der Waals surface area contributed by atoms with Gasteiger partial charge in [0, 0.05) is 22.6 Å². The summed E-state index contributed by atoms with van der Waals surface area (Å²) in [5.41, 5.74) is 6.31. The van der Waals surface area contributed by atoms with Crippen molar-refractivity contribution in [2.24, 2.45) is 0 Å². The molecule has 0 radical (unpaired) electrons. The zero-order valence-electron chi connectivity index (χ0n) is 16.4. The van der Waals surface area contributed by atoms with Crippen molar-refractivity contribution in [2.75, 3.05) is 0 Å². The topological polar surface area (TPSA) is 61.2 Å². The summed E-state index contributed by atoms with van der Waals surface area (Å²) in [6, 6.07) is 16.9. The van der Waals surface area contributed by atoms with Crippen molar-refractivity contribution in [3.05, 3.63) is 82.6 Å². The molecule has 146 valence electrons. The molecule has 29 heavy (non-hydrogen) atoms. The fraction of sp³-hybridized carbons (Fsp3) is 0.174. The minimum absolute atomic E-state index is 0.215. The highest BCUT2D eigenvalue weighted by molar-refractivity contribution is 7.16. The number of para-hydroxylation sites is 1. The van der Waals surface area contributed by atoms with Crippen molar-refractivity contribution in [1.29, 1.82) is 0 Å². The minimum atomic E-state index is -0.885. The number of hydrogen-bond donors (Lipinski definition) is 0. The maximum Gasteiger partial charge on any atom is 0.338 e. The minimum Gasteiger partial charge on any atom is -0.451 e. The normalized spacial score (nSPS) is 12.1. The van der Waals surface area contributed by atoms with E-state index in [-0.39, 0.29) is 5.78 Å². The molecule has 0 aliphatic heterocycles. The summed E-state index contributed by atoms with van der Waals surface area (Å²) in [7, 11) is 0. The lowest BCUT2D eigenvalue weighted by atomic mass is 10.1. The van der Waals surface area contributed by atoms with Gasteiger partial charge in [0.15, 0.2) is 6.10 Å². The second-order valence-electron chi connectivity index (χ2n) is 6.90. The van der Waals surface area contributed by atoms with E-state index in [1.165, 1.54) is 11.3 Å².